The summed E-state index contributed by atoms with van der Waals surface area (Å²) in [4.78, 5) is 0. The van der Waals surface area contributed by atoms with E-state index in [1.807, 2.05) is 0 Å². The molecule has 0 spiro atoms. The maximum Gasteiger partial charge on any atom is 0.387 e. The Bertz CT molecular complexity index is 531. The zero-order valence-corrected chi connectivity index (χ0v) is 9.12. The lowest BCUT2D eigenvalue weighted by atomic mass is 10.1. The Kier molecular flexibility index (Phi) is 3.14. The van der Waals surface area contributed by atoms with E-state index in [-0.39, 0.29) is 10.8 Å². The molecule has 4 nitrogen and oxygen atoms in total. The summed E-state index contributed by atoms with van der Waals surface area (Å²) in [5.74, 6) is 0.221. The number of anilines is 1. The topological polar surface area (TPSA) is 61.3 Å². The highest BCUT2D eigenvalue weighted by molar-refractivity contribution is 6.32. The van der Waals surface area contributed by atoms with Crippen LogP contribution in [0.15, 0.2) is 28.9 Å². The van der Waals surface area contributed by atoms with Gasteiger partial charge in [0.05, 0.1) is 11.2 Å². The lowest BCUT2D eigenvalue weighted by molar-refractivity contribution is -0.0497. The molecule has 0 bridgehead atoms. The van der Waals surface area contributed by atoms with Crippen molar-refractivity contribution in [2.75, 3.05) is 5.73 Å². The predicted octanol–water partition coefficient (Wildman–Crippen LogP) is 3.18. The van der Waals surface area contributed by atoms with Crippen LogP contribution in [0, 0.1) is 0 Å². The fraction of sp³-hybridized carbons (Fsp3) is 0.100. The Morgan fingerprint density at radius 3 is 2.71 bits per heavy atom. The average Bonchev–Trinajstić information content (AvgIpc) is 2.67. The third-order valence-electron chi connectivity index (χ3n) is 2.01. The molecule has 2 N–H and O–H groups in total. The minimum absolute atomic E-state index is 0.0404. The van der Waals surface area contributed by atoms with E-state index in [0.29, 0.717) is 17.0 Å². The molecule has 0 amide bonds. The first-order chi connectivity index (χ1) is 8.08. The van der Waals surface area contributed by atoms with Gasteiger partial charge in [-0.15, -0.1) is 0 Å². The van der Waals surface area contributed by atoms with Crippen molar-refractivity contribution in [1.82, 2.24) is 5.16 Å². The largest absolute Gasteiger partial charge is 0.433 e. The van der Waals surface area contributed by atoms with E-state index in [0.717, 1.165) is 0 Å². The Labute approximate surface area is 99.9 Å². The second-order valence-electron chi connectivity index (χ2n) is 3.13. The molecule has 17 heavy (non-hydrogen) atoms. The van der Waals surface area contributed by atoms with Gasteiger partial charge in [0, 0.05) is 5.56 Å². The van der Waals surface area contributed by atoms with E-state index in [2.05, 4.69) is 9.89 Å². The number of hydrogen-bond donors (Lipinski definition) is 1. The van der Waals surface area contributed by atoms with Gasteiger partial charge in [0.25, 0.3) is 0 Å². The molecule has 0 atom stereocenters. The van der Waals surface area contributed by atoms with E-state index in [9.17, 15) is 8.78 Å². The summed E-state index contributed by atoms with van der Waals surface area (Å²) in [6.07, 6.45) is 1.34. The second-order valence-corrected chi connectivity index (χ2v) is 3.54. The van der Waals surface area contributed by atoms with Crippen LogP contribution in [0.1, 0.15) is 0 Å². The van der Waals surface area contributed by atoms with Crippen LogP contribution in [0.2, 0.25) is 5.02 Å². The van der Waals surface area contributed by atoms with Gasteiger partial charge in [-0.25, -0.2) is 0 Å². The smallest absolute Gasteiger partial charge is 0.387 e. The highest BCUT2D eigenvalue weighted by Gasteiger charge is 2.13. The van der Waals surface area contributed by atoms with Gasteiger partial charge in [-0.05, 0) is 18.2 Å². The number of ether oxygens (including phenoxy) is 1. The lowest BCUT2D eigenvalue weighted by Crippen LogP contribution is -2.02. The van der Waals surface area contributed by atoms with E-state index in [1.165, 1.54) is 24.4 Å². The molecule has 0 fully saturated rings. The van der Waals surface area contributed by atoms with Gasteiger partial charge >= 0.3 is 6.61 Å². The number of rotatable bonds is 3. The van der Waals surface area contributed by atoms with Crippen molar-refractivity contribution in [3.8, 4) is 17.1 Å². The van der Waals surface area contributed by atoms with Crippen molar-refractivity contribution in [3.63, 3.8) is 0 Å². The van der Waals surface area contributed by atoms with Crippen molar-refractivity contribution in [2.24, 2.45) is 0 Å². The van der Waals surface area contributed by atoms with Crippen molar-refractivity contribution in [3.05, 3.63) is 29.4 Å². The van der Waals surface area contributed by atoms with Gasteiger partial charge in [0.1, 0.15) is 11.4 Å². The summed E-state index contributed by atoms with van der Waals surface area (Å²) in [6.45, 7) is -2.92. The highest BCUT2D eigenvalue weighted by atomic mass is 35.5. The van der Waals surface area contributed by atoms with Crippen molar-refractivity contribution in [1.29, 1.82) is 0 Å². The Morgan fingerprint density at radius 2 is 2.18 bits per heavy atom. The maximum absolute atomic E-state index is 12.0. The van der Waals surface area contributed by atoms with Crippen LogP contribution < -0.4 is 10.5 Å². The minimum Gasteiger partial charge on any atom is -0.433 e. The number of halogens is 3. The molecule has 2 aromatic rings. The van der Waals surface area contributed by atoms with Gasteiger partial charge in [0.15, 0.2) is 5.76 Å². The number of alkyl halides is 2. The molecular weight excluding hydrogens is 254 g/mol. The van der Waals surface area contributed by atoms with Crippen molar-refractivity contribution in [2.45, 2.75) is 6.61 Å². The number of hydrogen-bond acceptors (Lipinski definition) is 4. The molecule has 0 saturated carbocycles. The van der Waals surface area contributed by atoms with Gasteiger partial charge in [0.2, 0.25) is 0 Å². The van der Waals surface area contributed by atoms with Crippen LogP contribution >= 0.6 is 11.6 Å². The molecule has 0 aliphatic heterocycles. The summed E-state index contributed by atoms with van der Waals surface area (Å²) < 4.78 is 33.1. The molecule has 0 radical (unpaired) electrons. The van der Waals surface area contributed by atoms with Crippen LogP contribution in [0.3, 0.4) is 0 Å². The average molecular weight is 261 g/mol. The normalized spacial score (nSPS) is 10.8. The number of nitrogen functional groups attached to an aromatic ring is 1. The SMILES string of the molecule is Nc1cnoc1-c1ccc(OC(F)F)c(Cl)c1. The zero-order valence-electron chi connectivity index (χ0n) is 8.36. The standard InChI is InChI=1S/C10H7ClF2N2O2/c11-6-3-5(9-7(14)4-15-17-9)1-2-8(6)16-10(12)13/h1-4,10H,14H2. The number of benzene rings is 1. The summed E-state index contributed by atoms with van der Waals surface area (Å²) >= 11 is 5.78. The Hall–Kier alpha value is -1.82. The third-order valence-corrected chi connectivity index (χ3v) is 2.30. The van der Waals surface area contributed by atoms with E-state index >= 15 is 0 Å². The minimum atomic E-state index is -2.92. The number of aromatic nitrogens is 1. The fourth-order valence-electron chi connectivity index (χ4n) is 1.30. The third kappa shape index (κ3) is 2.47. The fourth-order valence-corrected chi connectivity index (χ4v) is 1.53. The summed E-state index contributed by atoms with van der Waals surface area (Å²) in [7, 11) is 0. The molecular formula is C10H7ClF2N2O2. The highest BCUT2D eigenvalue weighted by Crippen LogP contribution is 2.33. The van der Waals surface area contributed by atoms with Gasteiger partial charge < -0.3 is 15.0 Å². The maximum atomic E-state index is 12.0. The van der Waals surface area contributed by atoms with Crippen LogP contribution in [0.25, 0.3) is 11.3 Å². The monoisotopic (exact) mass is 260 g/mol. The van der Waals surface area contributed by atoms with Crippen molar-refractivity contribution < 1.29 is 18.0 Å². The Morgan fingerprint density at radius 1 is 1.41 bits per heavy atom. The van der Waals surface area contributed by atoms with E-state index in [4.69, 9.17) is 21.9 Å². The number of nitrogens with zero attached hydrogens (tertiary/aromatic N) is 1. The van der Waals surface area contributed by atoms with Crippen LogP contribution in [0.4, 0.5) is 14.5 Å². The molecule has 1 aromatic carbocycles. The lowest BCUT2D eigenvalue weighted by Gasteiger charge is -2.07. The molecule has 90 valence electrons. The zero-order chi connectivity index (χ0) is 12.4. The quantitative estimate of drug-likeness (QED) is 0.921. The van der Waals surface area contributed by atoms with Crippen LogP contribution in [-0.2, 0) is 0 Å². The predicted molar refractivity (Wildman–Crippen MR) is 58.0 cm³/mol. The van der Waals surface area contributed by atoms with Crippen molar-refractivity contribution >= 4 is 17.3 Å². The molecule has 1 aromatic heterocycles. The first-order valence-electron chi connectivity index (χ1n) is 4.53. The molecule has 2 rings (SSSR count). The summed E-state index contributed by atoms with van der Waals surface area (Å²) in [6, 6.07) is 4.22. The molecule has 0 aliphatic carbocycles. The Balaban J connectivity index is 2.34. The van der Waals surface area contributed by atoms with Gasteiger partial charge in [-0.3, -0.25) is 0 Å². The van der Waals surface area contributed by atoms with Crippen LogP contribution in [-0.4, -0.2) is 11.8 Å². The van der Waals surface area contributed by atoms with E-state index < -0.39 is 6.61 Å². The van der Waals surface area contributed by atoms with Crippen LogP contribution in [0.5, 0.6) is 5.75 Å². The molecule has 1 heterocycles. The summed E-state index contributed by atoms with van der Waals surface area (Å²) in [5.41, 5.74) is 6.46. The second kappa shape index (κ2) is 4.58. The van der Waals surface area contributed by atoms with Gasteiger partial charge in [-0.2, -0.15) is 8.78 Å². The van der Waals surface area contributed by atoms with Gasteiger partial charge in [-0.1, -0.05) is 16.8 Å². The molecule has 0 aliphatic rings. The molecule has 7 heteroatoms. The first-order valence-corrected chi connectivity index (χ1v) is 4.90. The van der Waals surface area contributed by atoms with E-state index in [1.54, 1.807) is 0 Å². The molecule has 0 unspecified atom stereocenters. The summed E-state index contributed by atoms with van der Waals surface area (Å²) in [5, 5.41) is 3.54. The molecule has 0 saturated heterocycles. The first kappa shape index (κ1) is 11.7. The number of nitrogens with two attached hydrogens (primary N) is 1.